The molecule has 3 unspecified atom stereocenters. The third-order valence-electron chi connectivity index (χ3n) is 5.51. The zero-order valence-electron chi connectivity index (χ0n) is 13.4. The van der Waals surface area contributed by atoms with Gasteiger partial charge in [0.05, 0.1) is 6.10 Å². The van der Waals surface area contributed by atoms with Gasteiger partial charge in [-0.1, -0.05) is 13.8 Å². The third-order valence-corrected chi connectivity index (χ3v) is 5.51. The Morgan fingerprint density at radius 2 is 2.17 bits per heavy atom. The molecule has 0 radical (unpaired) electrons. The van der Waals surface area contributed by atoms with Crippen LogP contribution < -0.4 is 11.1 Å². The van der Waals surface area contributed by atoms with E-state index >= 15 is 0 Å². The average molecular weight is 324 g/mol. The van der Waals surface area contributed by atoms with Gasteiger partial charge in [-0.15, -0.1) is 0 Å². The molecule has 1 aromatic carbocycles. The first-order chi connectivity index (χ1) is 10.8. The fourth-order valence-corrected chi connectivity index (χ4v) is 4.04. The summed E-state index contributed by atoms with van der Waals surface area (Å²) >= 11 is 0. The topological polar surface area (TPSA) is 64.3 Å². The number of fused-ring (bicyclic) bond motifs is 1. The summed E-state index contributed by atoms with van der Waals surface area (Å²) in [4.78, 5) is 12.7. The number of carbonyl (C=O) groups is 1. The Balaban J connectivity index is 1.73. The molecular weight excluding hydrogens is 302 g/mol. The monoisotopic (exact) mass is 324 g/mol. The molecule has 6 heteroatoms. The van der Waals surface area contributed by atoms with Crippen molar-refractivity contribution < 1.29 is 18.3 Å². The molecule has 2 aliphatic rings. The van der Waals surface area contributed by atoms with Gasteiger partial charge >= 0.3 is 0 Å². The largest absolute Gasteiger partial charge is 0.377 e. The summed E-state index contributed by atoms with van der Waals surface area (Å²) in [6, 6.07) is 3.18. The number of hydrogen-bond donors (Lipinski definition) is 2. The molecule has 1 aliphatic heterocycles. The van der Waals surface area contributed by atoms with E-state index < -0.39 is 22.6 Å². The van der Waals surface area contributed by atoms with E-state index in [0.29, 0.717) is 6.61 Å². The molecule has 126 valence electrons. The van der Waals surface area contributed by atoms with E-state index in [4.69, 9.17) is 10.5 Å². The van der Waals surface area contributed by atoms with Crippen molar-refractivity contribution in [3.63, 3.8) is 0 Å². The van der Waals surface area contributed by atoms with Crippen LogP contribution in [0.5, 0.6) is 0 Å². The Kier molecular flexibility index (Phi) is 3.92. The second kappa shape index (κ2) is 5.53. The molecule has 0 bridgehead atoms. The lowest BCUT2D eigenvalue weighted by molar-refractivity contribution is -0.225. The summed E-state index contributed by atoms with van der Waals surface area (Å²) in [6.07, 6.45) is 1.69. The van der Waals surface area contributed by atoms with Crippen molar-refractivity contribution in [3.8, 4) is 0 Å². The molecule has 0 aromatic heterocycles. The normalized spacial score (nSPS) is 31.9. The van der Waals surface area contributed by atoms with E-state index in [1.165, 1.54) is 0 Å². The summed E-state index contributed by atoms with van der Waals surface area (Å²) in [5.41, 5.74) is 5.01. The lowest BCUT2D eigenvalue weighted by Gasteiger charge is -2.65. The molecule has 1 saturated heterocycles. The van der Waals surface area contributed by atoms with Crippen LogP contribution in [0.15, 0.2) is 18.2 Å². The van der Waals surface area contributed by atoms with Crippen molar-refractivity contribution in [3.05, 3.63) is 35.4 Å². The van der Waals surface area contributed by atoms with Crippen molar-refractivity contribution in [2.75, 3.05) is 6.61 Å². The summed E-state index contributed by atoms with van der Waals surface area (Å²) in [6.45, 7) is 4.44. The van der Waals surface area contributed by atoms with Crippen LogP contribution in [0.4, 0.5) is 8.78 Å². The standard InChI is InChI=1S/C17H22F2N2O2/c1-16(2)14-12(4-3-7-23-14)17(16,20)15(22)21-9-10-8-11(18)5-6-13(10)19/h5-6,8,12,14H,3-4,7,9,20H2,1-2H3,(H,21,22). The van der Waals surface area contributed by atoms with Crippen LogP contribution in [0.2, 0.25) is 0 Å². The Morgan fingerprint density at radius 3 is 2.91 bits per heavy atom. The number of ether oxygens (including phenoxy) is 1. The van der Waals surface area contributed by atoms with Crippen LogP contribution in [0.1, 0.15) is 32.3 Å². The van der Waals surface area contributed by atoms with Gasteiger partial charge < -0.3 is 15.8 Å². The second-order valence-corrected chi connectivity index (χ2v) is 7.05. The minimum Gasteiger partial charge on any atom is -0.377 e. The minimum absolute atomic E-state index is 0.0297. The summed E-state index contributed by atoms with van der Waals surface area (Å²) in [7, 11) is 0. The van der Waals surface area contributed by atoms with Gasteiger partial charge in [-0.25, -0.2) is 8.78 Å². The highest BCUT2D eigenvalue weighted by Gasteiger charge is 2.70. The molecule has 23 heavy (non-hydrogen) atoms. The maximum Gasteiger partial charge on any atom is 0.241 e. The molecule has 1 aromatic rings. The number of carbonyl (C=O) groups excluding carboxylic acids is 1. The Labute approximate surface area is 134 Å². The fourth-order valence-electron chi connectivity index (χ4n) is 4.04. The number of rotatable bonds is 3. The number of halogens is 2. The summed E-state index contributed by atoms with van der Waals surface area (Å²) < 4.78 is 32.6. The molecule has 1 saturated carbocycles. The van der Waals surface area contributed by atoms with E-state index in [0.717, 1.165) is 31.0 Å². The quantitative estimate of drug-likeness (QED) is 0.895. The molecule has 1 amide bonds. The SMILES string of the molecule is CC1(C)C2OCCCC2C1(N)C(=O)NCc1cc(F)ccc1F. The van der Waals surface area contributed by atoms with E-state index in [2.05, 4.69) is 5.32 Å². The van der Waals surface area contributed by atoms with Crippen molar-refractivity contribution in [1.29, 1.82) is 0 Å². The first-order valence-electron chi connectivity index (χ1n) is 7.91. The van der Waals surface area contributed by atoms with Crippen LogP contribution in [-0.2, 0) is 16.1 Å². The van der Waals surface area contributed by atoms with Gasteiger partial charge in [0.2, 0.25) is 5.91 Å². The fraction of sp³-hybridized carbons (Fsp3) is 0.588. The zero-order chi connectivity index (χ0) is 16.8. The molecule has 3 rings (SSSR count). The van der Waals surface area contributed by atoms with Crippen LogP contribution in [-0.4, -0.2) is 24.2 Å². The van der Waals surface area contributed by atoms with Gasteiger partial charge in [-0.3, -0.25) is 4.79 Å². The number of hydrogen-bond acceptors (Lipinski definition) is 3. The van der Waals surface area contributed by atoms with E-state index in [9.17, 15) is 13.6 Å². The summed E-state index contributed by atoms with van der Waals surface area (Å²) in [5, 5.41) is 2.67. The number of amides is 1. The van der Waals surface area contributed by atoms with Gasteiger partial charge in [0.15, 0.2) is 0 Å². The van der Waals surface area contributed by atoms with Gasteiger partial charge in [-0.05, 0) is 31.0 Å². The first-order valence-corrected chi connectivity index (χ1v) is 7.91. The highest BCUT2D eigenvalue weighted by Crippen LogP contribution is 2.57. The zero-order valence-corrected chi connectivity index (χ0v) is 13.4. The first kappa shape index (κ1) is 16.3. The highest BCUT2D eigenvalue weighted by atomic mass is 19.1. The molecular formula is C17H22F2N2O2. The Morgan fingerprint density at radius 1 is 1.43 bits per heavy atom. The average Bonchev–Trinajstić information content (AvgIpc) is 2.54. The second-order valence-electron chi connectivity index (χ2n) is 7.05. The van der Waals surface area contributed by atoms with E-state index in [1.54, 1.807) is 0 Å². The van der Waals surface area contributed by atoms with E-state index in [-0.39, 0.29) is 30.0 Å². The molecule has 4 nitrogen and oxygen atoms in total. The van der Waals surface area contributed by atoms with Crippen LogP contribution in [0.25, 0.3) is 0 Å². The van der Waals surface area contributed by atoms with Crippen molar-refractivity contribution in [2.45, 2.75) is 44.9 Å². The molecule has 3 N–H and O–H groups in total. The van der Waals surface area contributed by atoms with Gasteiger partial charge in [0.25, 0.3) is 0 Å². The molecule has 3 atom stereocenters. The molecule has 2 fully saturated rings. The Hall–Kier alpha value is -1.53. The van der Waals surface area contributed by atoms with Crippen molar-refractivity contribution in [2.24, 2.45) is 17.1 Å². The maximum atomic E-state index is 13.7. The van der Waals surface area contributed by atoms with Crippen molar-refractivity contribution >= 4 is 5.91 Å². The summed E-state index contributed by atoms with van der Waals surface area (Å²) in [5.74, 6) is -1.46. The number of nitrogens with one attached hydrogen (secondary N) is 1. The lowest BCUT2D eigenvalue weighted by Crippen LogP contribution is -2.82. The smallest absolute Gasteiger partial charge is 0.241 e. The van der Waals surface area contributed by atoms with Crippen molar-refractivity contribution in [1.82, 2.24) is 5.32 Å². The lowest BCUT2D eigenvalue weighted by atomic mass is 9.46. The van der Waals surface area contributed by atoms with Crippen LogP contribution >= 0.6 is 0 Å². The molecule has 1 aliphatic carbocycles. The van der Waals surface area contributed by atoms with Gasteiger partial charge in [-0.2, -0.15) is 0 Å². The predicted molar refractivity (Wildman–Crippen MR) is 81.4 cm³/mol. The van der Waals surface area contributed by atoms with Crippen LogP contribution in [0.3, 0.4) is 0 Å². The maximum absolute atomic E-state index is 13.7. The predicted octanol–water partition coefficient (Wildman–Crippen LogP) is 2.11. The highest BCUT2D eigenvalue weighted by molar-refractivity contribution is 5.89. The minimum atomic E-state index is -1.05. The van der Waals surface area contributed by atoms with Crippen LogP contribution in [0, 0.1) is 23.0 Å². The molecule has 0 spiro atoms. The third kappa shape index (κ3) is 2.35. The van der Waals surface area contributed by atoms with Gasteiger partial charge in [0.1, 0.15) is 17.2 Å². The number of nitrogens with two attached hydrogens (primary N) is 1. The van der Waals surface area contributed by atoms with E-state index in [1.807, 2.05) is 13.8 Å². The van der Waals surface area contributed by atoms with Gasteiger partial charge in [0, 0.05) is 30.0 Å². The molecule has 1 heterocycles. The number of benzene rings is 1. The Bertz CT molecular complexity index is 635.